The van der Waals surface area contributed by atoms with Crippen LogP contribution < -0.4 is 9.64 Å². The number of piperazine rings is 1. The predicted octanol–water partition coefficient (Wildman–Crippen LogP) is 4.40. The molecule has 3 aromatic rings. The maximum absolute atomic E-state index is 14.0. The Morgan fingerprint density at radius 3 is 2.90 bits per heavy atom. The third-order valence-electron chi connectivity index (χ3n) is 4.91. The molecular weight excluding hydrogens is 427 g/mol. The van der Waals surface area contributed by atoms with E-state index in [0.717, 1.165) is 4.88 Å². The number of hydrogen-bond acceptors (Lipinski definition) is 6. The van der Waals surface area contributed by atoms with Crippen LogP contribution in [-0.4, -0.2) is 46.5 Å². The van der Waals surface area contributed by atoms with Crippen LogP contribution in [0.15, 0.2) is 48.1 Å². The maximum Gasteiger partial charge on any atom is 0.228 e. The van der Waals surface area contributed by atoms with E-state index in [1.165, 1.54) is 18.5 Å². The third-order valence-corrected chi connectivity index (χ3v) is 6.02. The van der Waals surface area contributed by atoms with Crippen LogP contribution >= 0.6 is 22.9 Å². The number of amides is 1. The normalized spacial score (nSPS) is 16.6. The quantitative estimate of drug-likeness (QED) is 0.581. The molecule has 1 atom stereocenters. The van der Waals surface area contributed by atoms with Gasteiger partial charge in [-0.15, -0.1) is 11.3 Å². The van der Waals surface area contributed by atoms with Gasteiger partial charge in [-0.25, -0.2) is 14.4 Å². The van der Waals surface area contributed by atoms with Crippen molar-refractivity contribution in [2.45, 2.75) is 19.4 Å². The Morgan fingerprint density at radius 2 is 2.17 bits per heavy atom. The molecule has 156 valence electrons. The highest BCUT2D eigenvalue weighted by molar-refractivity contribution is 7.10. The van der Waals surface area contributed by atoms with Crippen molar-refractivity contribution in [3.05, 3.63) is 63.8 Å². The summed E-state index contributed by atoms with van der Waals surface area (Å²) in [5.41, 5.74) is 0. The summed E-state index contributed by atoms with van der Waals surface area (Å²) < 4.78 is 19.6. The largest absolute Gasteiger partial charge is 0.436 e. The highest BCUT2D eigenvalue weighted by atomic mass is 35.5. The molecule has 9 heteroatoms. The summed E-state index contributed by atoms with van der Waals surface area (Å²) in [5.74, 6) is 0.529. The van der Waals surface area contributed by atoms with Gasteiger partial charge in [-0.1, -0.05) is 17.7 Å². The summed E-state index contributed by atoms with van der Waals surface area (Å²) in [4.78, 5) is 26.1. The van der Waals surface area contributed by atoms with Crippen LogP contribution in [0.25, 0.3) is 0 Å². The van der Waals surface area contributed by atoms with Crippen LogP contribution in [0.2, 0.25) is 5.02 Å². The number of carbonyl (C=O) groups is 1. The molecular formula is C21H20ClFN4O2S. The molecule has 30 heavy (non-hydrogen) atoms. The van der Waals surface area contributed by atoms with Crippen LogP contribution in [0, 0.1) is 5.82 Å². The SMILES string of the molecule is CC1CN(c2cc(Oc3ccc(Cl)cc3F)ncn2)CCN1C(=O)Cc1cccs1. The summed E-state index contributed by atoms with van der Waals surface area (Å²) >= 11 is 7.37. The number of rotatable bonds is 5. The van der Waals surface area contributed by atoms with E-state index in [2.05, 4.69) is 14.9 Å². The zero-order valence-electron chi connectivity index (χ0n) is 16.3. The summed E-state index contributed by atoms with van der Waals surface area (Å²) in [7, 11) is 0. The molecule has 0 saturated carbocycles. The van der Waals surface area contributed by atoms with Crippen molar-refractivity contribution in [2.75, 3.05) is 24.5 Å². The van der Waals surface area contributed by atoms with E-state index < -0.39 is 5.82 Å². The van der Waals surface area contributed by atoms with Crippen molar-refractivity contribution in [3.63, 3.8) is 0 Å². The Labute approximate surface area is 182 Å². The first kappa shape index (κ1) is 20.6. The first-order chi connectivity index (χ1) is 14.5. The lowest BCUT2D eigenvalue weighted by molar-refractivity contribution is -0.132. The van der Waals surface area contributed by atoms with Gasteiger partial charge in [0.2, 0.25) is 11.8 Å². The molecule has 1 fully saturated rings. The van der Waals surface area contributed by atoms with Gasteiger partial charge in [-0.3, -0.25) is 4.79 Å². The lowest BCUT2D eigenvalue weighted by Gasteiger charge is -2.40. The van der Waals surface area contributed by atoms with Crippen molar-refractivity contribution >= 4 is 34.7 Å². The van der Waals surface area contributed by atoms with Crippen molar-refractivity contribution < 1.29 is 13.9 Å². The molecule has 1 aliphatic rings. The monoisotopic (exact) mass is 446 g/mol. The molecule has 1 saturated heterocycles. The van der Waals surface area contributed by atoms with Crippen LogP contribution in [0.1, 0.15) is 11.8 Å². The number of halogens is 2. The molecule has 1 unspecified atom stereocenters. The zero-order valence-corrected chi connectivity index (χ0v) is 17.9. The van der Waals surface area contributed by atoms with Crippen LogP contribution in [0.4, 0.5) is 10.2 Å². The first-order valence-electron chi connectivity index (χ1n) is 9.51. The molecule has 1 amide bonds. The summed E-state index contributed by atoms with van der Waals surface area (Å²) in [6.07, 6.45) is 1.82. The van der Waals surface area contributed by atoms with Gasteiger partial charge in [-0.2, -0.15) is 0 Å². The van der Waals surface area contributed by atoms with Crippen molar-refractivity contribution in [3.8, 4) is 11.6 Å². The molecule has 0 bridgehead atoms. The number of nitrogens with zero attached hydrogens (tertiary/aromatic N) is 4. The molecule has 3 heterocycles. The van der Waals surface area contributed by atoms with E-state index in [4.69, 9.17) is 16.3 Å². The minimum atomic E-state index is -0.561. The van der Waals surface area contributed by atoms with Crippen LogP contribution in [0.3, 0.4) is 0 Å². The van der Waals surface area contributed by atoms with Crippen molar-refractivity contribution in [2.24, 2.45) is 0 Å². The molecule has 0 N–H and O–H groups in total. The van der Waals surface area contributed by atoms with Crippen molar-refractivity contribution in [1.82, 2.24) is 14.9 Å². The van der Waals surface area contributed by atoms with Crippen LogP contribution in [0.5, 0.6) is 11.6 Å². The fraction of sp³-hybridized carbons (Fsp3) is 0.286. The predicted molar refractivity (Wildman–Crippen MR) is 115 cm³/mol. The van der Waals surface area contributed by atoms with Gasteiger partial charge in [0.25, 0.3) is 0 Å². The van der Waals surface area contributed by atoms with Gasteiger partial charge in [-0.05, 0) is 36.6 Å². The highest BCUT2D eigenvalue weighted by Crippen LogP contribution is 2.27. The van der Waals surface area contributed by atoms with E-state index in [9.17, 15) is 9.18 Å². The Bertz CT molecular complexity index is 1030. The van der Waals surface area contributed by atoms with Gasteiger partial charge < -0.3 is 14.5 Å². The second kappa shape index (κ2) is 8.97. The third kappa shape index (κ3) is 4.71. The van der Waals surface area contributed by atoms with Gasteiger partial charge in [0.15, 0.2) is 11.6 Å². The smallest absolute Gasteiger partial charge is 0.228 e. The second-order valence-electron chi connectivity index (χ2n) is 7.03. The van der Waals surface area contributed by atoms with Gasteiger partial charge in [0, 0.05) is 41.6 Å². The van der Waals surface area contributed by atoms with E-state index in [-0.39, 0.29) is 23.6 Å². The fourth-order valence-corrected chi connectivity index (χ4v) is 4.28. The summed E-state index contributed by atoms with van der Waals surface area (Å²) in [5, 5.41) is 2.28. The van der Waals surface area contributed by atoms with Gasteiger partial charge in [0.05, 0.1) is 6.42 Å². The topological polar surface area (TPSA) is 58.6 Å². The standard InChI is InChI=1S/C21H20ClFN4O2S/c1-14-12-26(6-7-27(14)21(28)10-16-3-2-8-30-16)19-11-20(25-13-24-19)29-18-5-4-15(22)9-17(18)23/h2-5,8-9,11,13-14H,6-7,10,12H2,1H3. The molecule has 0 aliphatic carbocycles. The van der Waals surface area contributed by atoms with Gasteiger partial charge >= 0.3 is 0 Å². The Morgan fingerprint density at radius 1 is 1.30 bits per heavy atom. The highest BCUT2D eigenvalue weighted by Gasteiger charge is 2.28. The molecule has 2 aromatic heterocycles. The molecule has 1 aliphatic heterocycles. The average Bonchev–Trinajstić information content (AvgIpc) is 3.23. The molecule has 6 nitrogen and oxygen atoms in total. The Balaban J connectivity index is 1.41. The lowest BCUT2D eigenvalue weighted by Crippen LogP contribution is -2.54. The van der Waals surface area contributed by atoms with Gasteiger partial charge in [0.1, 0.15) is 12.1 Å². The van der Waals surface area contributed by atoms with E-state index in [0.29, 0.717) is 36.9 Å². The maximum atomic E-state index is 14.0. The fourth-order valence-electron chi connectivity index (χ4n) is 3.43. The Kier molecular flexibility index (Phi) is 6.15. The number of hydrogen-bond donors (Lipinski definition) is 0. The number of ether oxygens (including phenoxy) is 1. The number of benzene rings is 1. The van der Waals surface area contributed by atoms with E-state index in [1.54, 1.807) is 23.5 Å². The molecule has 0 spiro atoms. The van der Waals surface area contributed by atoms with Crippen LogP contribution in [-0.2, 0) is 11.2 Å². The zero-order chi connectivity index (χ0) is 21.1. The minimum absolute atomic E-state index is 0.0410. The first-order valence-corrected chi connectivity index (χ1v) is 10.8. The number of aromatic nitrogens is 2. The molecule has 4 rings (SSSR count). The van der Waals surface area contributed by atoms with E-state index >= 15 is 0 Å². The summed E-state index contributed by atoms with van der Waals surface area (Å²) in [6.45, 7) is 3.92. The Hall–Kier alpha value is -2.71. The molecule has 1 aromatic carbocycles. The van der Waals surface area contributed by atoms with Crippen molar-refractivity contribution in [1.29, 1.82) is 0 Å². The molecule has 0 radical (unpaired) electrons. The summed E-state index contributed by atoms with van der Waals surface area (Å²) in [6, 6.07) is 9.85. The number of anilines is 1. The minimum Gasteiger partial charge on any atom is -0.436 e. The van der Waals surface area contributed by atoms with E-state index in [1.807, 2.05) is 29.3 Å². The number of carbonyl (C=O) groups excluding carboxylic acids is 1. The average molecular weight is 447 g/mol. The lowest BCUT2D eigenvalue weighted by atomic mass is 10.1. The number of thiophene rings is 1. The second-order valence-corrected chi connectivity index (χ2v) is 8.50.